The van der Waals surface area contributed by atoms with E-state index >= 15 is 0 Å². The van der Waals surface area contributed by atoms with E-state index in [1.165, 1.54) is 47.5 Å². The molecule has 0 saturated carbocycles. The highest BCUT2D eigenvalue weighted by Gasteiger charge is 2.38. The molecule has 0 spiro atoms. The van der Waals surface area contributed by atoms with E-state index in [0.29, 0.717) is 18.8 Å². The average molecular weight is 504 g/mol. The van der Waals surface area contributed by atoms with Gasteiger partial charge >= 0.3 is 0 Å². The van der Waals surface area contributed by atoms with E-state index in [0.717, 1.165) is 26.0 Å². The number of halogens is 2. The highest BCUT2D eigenvalue weighted by molar-refractivity contribution is 5.44. The molecule has 0 radical (unpaired) electrons. The summed E-state index contributed by atoms with van der Waals surface area (Å²) in [5.74, 6) is -0.155. The van der Waals surface area contributed by atoms with Crippen LogP contribution in [0.2, 0.25) is 0 Å². The second-order valence-corrected chi connectivity index (χ2v) is 9.79. The molecular weight excluding hydrogens is 472 g/mol. The fourth-order valence-corrected chi connectivity index (χ4v) is 4.97. The lowest BCUT2D eigenvalue weighted by Gasteiger charge is -2.28. The van der Waals surface area contributed by atoms with Gasteiger partial charge in [-0.1, -0.05) is 54.1 Å². The quantitative estimate of drug-likeness (QED) is 0.290. The molecule has 0 bridgehead atoms. The molecule has 0 unspecified atom stereocenters. The maximum Gasteiger partial charge on any atom is 0.173 e. The first-order valence-electron chi connectivity index (χ1n) is 12.6. The first-order chi connectivity index (χ1) is 17.9. The molecule has 1 fully saturated rings. The molecule has 4 aromatic rings. The Hall–Kier alpha value is -3.32. The maximum absolute atomic E-state index is 14.2. The summed E-state index contributed by atoms with van der Waals surface area (Å²) in [5.41, 5.74) is 1.05. The second-order valence-electron chi connectivity index (χ2n) is 9.79. The van der Waals surface area contributed by atoms with Gasteiger partial charge in [0.2, 0.25) is 0 Å². The van der Waals surface area contributed by atoms with Crippen LogP contribution in [0.25, 0.3) is 0 Å². The molecule has 6 heteroatoms. The van der Waals surface area contributed by atoms with Gasteiger partial charge in [-0.3, -0.25) is 4.90 Å². The summed E-state index contributed by atoms with van der Waals surface area (Å²) in [6, 6.07) is 23.3. The number of hydrogen-bond donors (Lipinski definition) is 1. The molecule has 5 rings (SSSR count). The van der Waals surface area contributed by atoms with Gasteiger partial charge in [-0.2, -0.15) is 0 Å². The van der Waals surface area contributed by atoms with E-state index in [1.54, 1.807) is 18.2 Å². The van der Waals surface area contributed by atoms with E-state index in [1.807, 2.05) is 6.07 Å². The Kier molecular flexibility index (Phi) is 7.51. The van der Waals surface area contributed by atoms with Gasteiger partial charge in [0.15, 0.2) is 5.60 Å². The van der Waals surface area contributed by atoms with Crippen molar-refractivity contribution in [3.8, 4) is 0 Å². The highest BCUT2D eigenvalue weighted by atomic mass is 19.1. The van der Waals surface area contributed by atoms with Crippen molar-refractivity contribution in [1.82, 2.24) is 4.90 Å². The molecule has 1 aliphatic rings. The number of benzene rings is 3. The normalized spacial score (nSPS) is 16.0. The number of furan rings is 1. The number of rotatable bonds is 9. The zero-order valence-electron chi connectivity index (χ0n) is 20.9. The number of hydrogen-bond acceptors (Lipinski definition) is 4. The number of aryl methyl sites for hydroxylation is 1. The summed E-state index contributed by atoms with van der Waals surface area (Å²) in [4.78, 5) is 2.27. The van der Waals surface area contributed by atoms with Crippen molar-refractivity contribution in [1.29, 1.82) is 0 Å². The van der Waals surface area contributed by atoms with Gasteiger partial charge in [0, 0.05) is 19.7 Å². The Bertz CT molecular complexity index is 1280. The topological polar surface area (TPSA) is 45.8 Å². The number of ether oxygens (including phenoxy) is 1. The van der Waals surface area contributed by atoms with Gasteiger partial charge in [0.25, 0.3) is 0 Å². The van der Waals surface area contributed by atoms with Crippen LogP contribution in [0.15, 0.2) is 89.3 Å². The van der Waals surface area contributed by atoms with Crippen molar-refractivity contribution >= 4 is 0 Å². The largest absolute Gasteiger partial charge is 0.461 e. The third-order valence-corrected chi connectivity index (χ3v) is 6.90. The van der Waals surface area contributed by atoms with Crippen LogP contribution in [0.1, 0.15) is 46.6 Å². The minimum Gasteiger partial charge on any atom is -0.461 e. The summed E-state index contributed by atoms with van der Waals surface area (Å²) in [6.45, 7) is 4.81. The van der Waals surface area contributed by atoms with Crippen molar-refractivity contribution in [2.45, 2.75) is 44.6 Å². The Morgan fingerprint density at radius 2 is 1.57 bits per heavy atom. The molecule has 1 aromatic heterocycles. The molecule has 37 heavy (non-hydrogen) atoms. The highest BCUT2D eigenvalue weighted by Crippen LogP contribution is 2.38. The van der Waals surface area contributed by atoms with Crippen LogP contribution in [-0.4, -0.2) is 29.3 Å². The van der Waals surface area contributed by atoms with Gasteiger partial charge in [0.05, 0.1) is 12.6 Å². The number of aliphatic hydroxyl groups is 1. The fourth-order valence-electron chi connectivity index (χ4n) is 4.97. The predicted octanol–water partition coefficient (Wildman–Crippen LogP) is 6.33. The summed E-state index contributed by atoms with van der Waals surface area (Å²) in [5, 5.41) is 12.0. The van der Waals surface area contributed by atoms with Crippen LogP contribution in [0, 0.1) is 18.6 Å². The third-order valence-electron chi connectivity index (χ3n) is 6.90. The maximum atomic E-state index is 14.2. The molecule has 1 atom stereocenters. The molecule has 4 nitrogen and oxygen atoms in total. The summed E-state index contributed by atoms with van der Waals surface area (Å²) >= 11 is 0. The second kappa shape index (κ2) is 11.0. The predicted molar refractivity (Wildman–Crippen MR) is 138 cm³/mol. The third kappa shape index (κ3) is 5.82. The molecular formula is C31H31F2NO3. The van der Waals surface area contributed by atoms with Gasteiger partial charge < -0.3 is 14.3 Å². The smallest absolute Gasteiger partial charge is 0.173 e. The van der Waals surface area contributed by atoms with E-state index in [4.69, 9.17) is 9.15 Å². The molecule has 0 amide bonds. The van der Waals surface area contributed by atoms with Crippen LogP contribution >= 0.6 is 0 Å². The first-order valence-corrected chi connectivity index (χ1v) is 12.6. The summed E-state index contributed by atoms with van der Waals surface area (Å²) in [7, 11) is 0. The number of nitrogens with zero attached hydrogens (tertiary/aromatic N) is 1. The minimum atomic E-state index is -1.86. The molecule has 3 aromatic carbocycles. The zero-order valence-corrected chi connectivity index (χ0v) is 20.9. The van der Waals surface area contributed by atoms with Gasteiger partial charge in [-0.05, 0) is 72.9 Å². The van der Waals surface area contributed by atoms with Crippen molar-refractivity contribution in [2.24, 2.45) is 0 Å². The first kappa shape index (κ1) is 25.3. The van der Waals surface area contributed by atoms with E-state index in [-0.39, 0.29) is 23.0 Å². The van der Waals surface area contributed by atoms with Gasteiger partial charge in [-0.15, -0.1) is 0 Å². The minimum absolute atomic E-state index is 0.163. The monoisotopic (exact) mass is 503 g/mol. The molecule has 1 saturated heterocycles. The van der Waals surface area contributed by atoms with Gasteiger partial charge in [0.1, 0.15) is 23.2 Å². The van der Waals surface area contributed by atoms with Gasteiger partial charge in [-0.25, -0.2) is 8.78 Å². The van der Waals surface area contributed by atoms with Crippen molar-refractivity contribution in [2.75, 3.05) is 13.2 Å². The lowest BCUT2D eigenvalue weighted by molar-refractivity contribution is 0.0629. The molecule has 1 aliphatic heterocycles. The van der Waals surface area contributed by atoms with Crippen molar-refractivity contribution in [3.05, 3.63) is 130 Å². The molecule has 192 valence electrons. The fraction of sp³-hybridized carbons (Fsp3) is 0.290. The lowest BCUT2D eigenvalue weighted by Crippen LogP contribution is -2.31. The van der Waals surface area contributed by atoms with Crippen LogP contribution in [0.4, 0.5) is 8.78 Å². The van der Waals surface area contributed by atoms with Crippen molar-refractivity contribution in [3.63, 3.8) is 0 Å². The zero-order chi connectivity index (χ0) is 25.8. The van der Waals surface area contributed by atoms with Crippen LogP contribution in [-0.2, 0) is 23.4 Å². The van der Waals surface area contributed by atoms with E-state index < -0.39 is 17.2 Å². The van der Waals surface area contributed by atoms with Crippen molar-refractivity contribution < 1.29 is 23.0 Å². The molecule has 2 heterocycles. The molecule has 0 aliphatic carbocycles. The summed E-state index contributed by atoms with van der Waals surface area (Å²) < 4.78 is 40.5. The summed E-state index contributed by atoms with van der Waals surface area (Å²) in [6.07, 6.45) is 2.24. The Balaban J connectivity index is 1.46. The Labute approximate surface area is 216 Å². The Morgan fingerprint density at radius 1 is 0.892 bits per heavy atom. The lowest BCUT2D eigenvalue weighted by atomic mass is 9.84. The van der Waals surface area contributed by atoms with E-state index in [9.17, 15) is 13.9 Å². The van der Waals surface area contributed by atoms with Crippen LogP contribution < -0.4 is 0 Å². The van der Waals surface area contributed by atoms with Crippen LogP contribution in [0.5, 0.6) is 0 Å². The Morgan fingerprint density at radius 3 is 2.16 bits per heavy atom. The standard InChI is InChI=1S/C31H31F2NO3/c1-22-10-12-23(13-11-22)19-34(20-28-9-4-16-36-28)21-29-14-15-30(37-29)31(35,24-5-2-7-26(32)17-24)25-6-3-8-27(33)18-25/h2-3,5-8,10-15,17-18,28,35H,4,9,16,19-21H2,1H3/t28-/m0/s1. The molecule has 1 N–H and O–H groups in total. The SMILES string of the molecule is Cc1ccc(CN(Cc2ccc(C(O)(c3cccc(F)c3)c3cccc(F)c3)o2)C[C@@H]2CCCO2)cc1. The average Bonchev–Trinajstić information content (AvgIpc) is 3.57. The van der Waals surface area contributed by atoms with Crippen LogP contribution in [0.3, 0.4) is 0 Å². The van der Waals surface area contributed by atoms with E-state index in [2.05, 4.69) is 36.1 Å².